The highest BCUT2D eigenvalue weighted by Gasteiger charge is 2.58. The molecule has 6 heteroatoms. The van der Waals surface area contributed by atoms with E-state index in [4.69, 9.17) is 17.0 Å². The zero-order valence-corrected chi connectivity index (χ0v) is 16.0. The summed E-state index contributed by atoms with van der Waals surface area (Å²) in [6.07, 6.45) is 3.74. The zero-order valence-electron chi connectivity index (χ0n) is 15.2. The number of anilines is 1. The van der Waals surface area contributed by atoms with Gasteiger partial charge in [0.25, 0.3) is 5.91 Å². The van der Waals surface area contributed by atoms with Gasteiger partial charge < -0.3 is 9.64 Å². The van der Waals surface area contributed by atoms with Crippen molar-refractivity contribution in [3.05, 3.63) is 30.3 Å². The number of ether oxygens (including phenoxy) is 1. The van der Waals surface area contributed by atoms with Crippen LogP contribution in [-0.4, -0.2) is 34.2 Å². The van der Waals surface area contributed by atoms with Crippen molar-refractivity contribution in [1.29, 1.82) is 0 Å². The van der Waals surface area contributed by atoms with Gasteiger partial charge in [-0.2, -0.15) is 4.90 Å². The number of hydrogen-bond acceptors (Lipinski definition) is 4. The molecule has 1 aromatic rings. The molecule has 1 aliphatic heterocycles. The fourth-order valence-electron chi connectivity index (χ4n) is 3.53. The summed E-state index contributed by atoms with van der Waals surface area (Å²) in [7, 11) is 0. The molecule has 26 heavy (non-hydrogen) atoms. The van der Waals surface area contributed by atoms with E-state index < -0.39 is 11.6 Å². The molecule has 0 aromatic heterocycles. The maximum absolute atomic E-state index is 13.1. The topological polar surface area (TPSA) is 49.9 Å². The predicted octanol–water partition coefficient (Wildman–Crippen LogP) is 5.14. The minimum absolute atomic E-state index is 0. The molecule has 0 N–H and O–H groups in total. The monoisotopic (exact) mass is 378 g/mol. The van der Waals surface area contributed by atoms with E-state index in [1.54, 1.807) is 6.92 Å². The van der Waals surface area contributed by atoms with Crippen LogP contribution in [0, 0.1) is 0 Å². The van der Waals surface area contributed by atoms with Crippen molar-refractivity contribution < 1.29 is 14.3 Å². The Hall–Kier alpha value is -1.95. The first-order valence-corrected chi connectivity index (χ1v) is 9.43. The lowest BCUT2D eigenvalue weighted by atomic mass is 9.80. The molecule has 1 aliphatic carbocycles. The van der Waals surface area contributed by atoms with Crippen molar-refractivity contribution in [3.63, 3.8) is 0 Å². The number of thiocarbonyl (C=S) groups is 1. The Kier molecular flexibility index (Phi) is 8.21. The highest BCUT2D eigenvalue weighted by atomic mass is 32.1. The molecule has 144 valence electrons. The van der Waals surface area contributed by atoms with Crippen LogP contribution in [0.5, 0.6) is 0 Å². The fraction of sp³-hybridized carbons (Fsp3) is 0.550. The number of amides is 2. The summed E-state index contributed by atoms with van der Waals surface area (Å²) in [6, 6.07) is 9.58. The highest BCUT2D eigenvalue weighted by Crippen LogP contribution is 2.43. The van der Waals surface area contributed by atoms with Gasteiger partial charge in [0, 0.05) is 5.69 Å². The van der Waals surface area contributed by atoms with E-state index >= 15 is 0 Å². The number of benzene rings is 1. The molecule has 5 nitrogen and oxygen atoms in total. The highest BCUT2D eigenvalue weighted by molar-refractivity contribution is 7.80. The first kappa shape index (κ1) is 22.1. The van der Waals surface area contributed by atoms with E-state index in [0.717, 1.165) is 29.8 Å². The maximum Gasteiger partial charge on any atom is 0.423 e. The van der Waals surface area contributed by atoms with Crippen molar-refractivity contribution >= 4 is 35.0 Å². The standard InChI is InChI=1S/C17H20N2O3S.C2H6.CH4/c1-2-22-16(21)18-14(20)17(11-7-4-8-12-17)19(15(18)23)13-9-5-3-6-10-13;1-2;/h3,5-6,9-10H,2,4,7-8,11-12H2,1H3;1-2H3;1H4. The minimum Gasteiger partial charge on any atom is -0.449 e. The van der Waals surface area contributed by atoms with E-state index in [0.29, 0.717) is 12.8 Å². The second-order valence-corrected chi connectivity index (χ2v) is 6.25. The number of rotatable bonds is 2. The van der Waals surface area contributed by atoms with Crippen molar-refractivity contribution in [3.8, 4) is 0 Å². The quantitative estimate of drug-likeness (QED) is 0.667. The lowest BCUT2D eigenvalue weighted by Gasteiger charge is -2.39. The van der Waals surface area contributed by atoms with Gasteiger partial charge in [0.05, 0.1) is 6.61 Å². The first-order valence-electron chi connectivity index (χ1n) is 9.02. The zero-order chi connectivity index (χ0) is 18.4. The Morgan fingerprint density at radius 1 is 1.15 bits per heavy atom. The Labute approximate surface area is 162 Å². The van der Waals surface area contributed by atoms with Crippen LogP contribution in [0.15, 0.2) is 30.3 Å². The number of para-hydroxylation sites is 1. The summed E-state index contributed by atoms with van der Waals surface area (Å²) in [5.74, 6) is -0.246. The van der Waals surface area contributed by atoms with Crippen LogP contribution >= 0.6 is 12.2 Å². The van der Waals surface area contributed by atoms with Gasteiger partial charge in [-0.3, -0.25) is 4.79 Å². The van der Waals surface area contributed by atoms with Gasteiger partial charge >= 0.3 is 6.09 Å². The summed E-state index contributed by atoms with van der Waals surface area (Å²) in [5.41, 5.74) is 0.100. The third-order valence-electron chi connectivity index (χ3n) is 4.56. The molecule has 0 atom stereocenters. The molecule has 2 aliphatic rings. The Morgan fingerprint density at radius 3 is 2.27 bits per heavy atom. The van der Waals surface area contributed by atoms with Gasteiger partial charge in [0.15, 0.2) is 5.11 Å². The van der Waals surface area contributed by atoms with E-state index in [9.17, 15) is 9.59 Å². The molecule has 1 aromatic carbocycles. The van der Waals surface area contributed by atoms with Crippen molar-refractivity contribution in [2.24, 2.45) is 0 Å². The Morgan fingerprint density at radius 2 is 1.73 bits per heavy atom. The normalized spacial score (nSPS) is 18.1. The largest absolute Gasteiger partial charge is 0.449 e. The van der Waals surface area contributed by atoms with Crippen molar-refractivity contribution in [1.82, 2.24) is 4.90 Å². The third kappa shape index (κ3) is 3.75. The number of imide groups is 1. The summed E-state index contributed by atoms with van der Waals surface area (Å²) in [5, 5.41) is 0.224. The summed E-state index contributed by atoms with van der Waals surface area (Å²) >= 11 is 5.50. The molecule has 2 fully saturated rings. The first-order chi connectivity index (χ1) is 12.1. The van der Waals surface area contributed by atoms with Crippen molar-refractivity contribution in [2.75, 3.05) is 11.5 Å². The smallest absolute Gasteiger partial charge is 0.423 e. The maximum atomic E-state index is 13.1. The van der Waals surface area contributed by atoms with E-state index in [1.807, 2.05) is 49.1 Å². The molecule has 2 amide bonds. The molecule has 1 saturated heterocycles. The molecule has 1 saturated carbocycles. The van der Waals surface area contributed by atoms with Crippen LogP contribution in [0.3, 0.4) is 0 Å². The van der Waals surface area contributed by atoms with Crippen LogP contribution in [0.25, 0.3) is 0 Å². The minimum atomic E-state index is -0.747. The molecule has 3 rings (SSSR count). The van der Waals surface area contributed by atoms with Crippen LogP contribution < -0.4 is 4.90 Å². The molecule has 1 spiro atoms. The van der Waals surface area contributed by atoms with Crippen LogP contribution in [-0.2, 0) is 9.53 Å². The molecular weight excluding hydrogens is 348 g/mol. The average molecular weight is 379 g/mol. The number of carbonyl (C=O) groups excluding carboxylic acids is 2. The lowest BCUT2D eigenvalue weighted by Crippen LogP contribution is -2.51. The van der Waals surface area contributed by atoms with Crippen LogP contribution in [0.1, 0.15) is 60.3 Å². The van der Waals surface area contributed by atoms with Crippen LogP contribution in [0.4, 0.5) is 10.5 Å². The molecule has 1 heterocycles. The van der Waals surface area contributed by atoms with Crippen molar-refractivity contribution in [2.45, 2.75) is 65.8 Å². The van der Waals surface area contributed by atoms with Gasteiger partial charge in [-0.05, 0) is 44.1 Å². The molecule has 0 bridgehead atoms. The lowest BCUT2D eigenvalue weighted by molar-refractivity contribution is -0.130. The van der Waals surface area contributed by atoms with Crippen LogP contribution in [0.2, 0.25) is 0 Å². The molecule has 0 radical (unpaired) electrons. The Balaban J connectivity index is 0.00000109. The summed E-state index contributed by atoms with van der Waals surface area (Å²) < 4.78 is 5.04. The van der Waals surface area contributed by atoms with E-state index in [-0.39, 0.29) is 25.1 Å². The van der Waals surface area contributed by atoms with Gasteiger partial charge in [-0.15, -0.1) is 0 Å². The number of carbonyl (C=O) groups is 2. The summed E-state index contributed by atoms with van der Waals surface area (Å²) in [6.45, 7) is 5.93. The average Bonchev–Trinajstić information content (AvgIpc) is 2.85. The van der Waals surface area contributed by atoms with Gasteiger partial charge in [-0.25, -0.2) is 4.79 Å². The Bertz CT molecular complexity index is 627. The van der Waals surface area contributed by atoms with E-state index in [2.05, 4.69) is 0 Å². The molecular formula is C20H30N2O3S. The van der Waals surface area contributed by atoms with Gasteiger partial charge in [0.2, 0.25) is 0 Å². The fourth-order valence-corrected chi connectivity index (χ4v) is 3.97. The second kappa shape index (κ2) is 9.67. The third-order valence-corrected chi connectivity index (χ3v) is 4.92. The van der Waals surface area contributed by atoms with Gasteiger partial charge in [0.1, 0.15) is 5.54 Å². The SMILES string of the molecule is C.CC.CCOC(=O)N1C(=O)C2(CCCCC2)N(c2ccccc2)C1=S. The van der Waals surface area contributed by atoms with Gasteiger partial charge in [-0.1, -0.05) is 58.7 Å². The predicted molar refractivity (Wildman–Crippen MR) is 109 cm³/mol. The number of nitrogens with zero attached hydrogens (tertiary/aromatic N) is 2. The number of hydrogen-bond donors (Lipinski definition) is 0. The second-order valence-electron chi connectivity index (χ2n) is 5.89. The summed E-state index contributed by atoms with van der Waals surface area (Å²) in [4.78, 5) is 28.2. The van der Waals surface area contributed by atoms with E-state index in [1.165, 1.54) is 0 Å². The molecule has 0 unspecified atom stereocenters.